The molecule has 0 aliphatic carbocycles. The molecule has 0 aliphatic heterocycles. The topological polar surface area (TPSA) is 83.5 Å². The van der Waals surface area contributed by atoms with Crippen molar-refractivity contribution in [2.45, 2.75) is 12.7 Å². The third kappa shape index (κ3) is 4.32. The van der Waals surface area contributed by atoms with E-state index in [1.54, 1.807) is 18.2 Å². The molecule has 5 nitrogen and oxygen atoms in total. The van der Waals surface area contributed by atoms with Crippen LogP contribution in [0.1, 0.15) is 21.5 Å². The van der Waals surface area contributed by atoms with Crippen molar-refractivity contribution in [3.63, 3.8) is 0 Å². The summed E-state index contributed by atoms with van der Waals surface area (Å²) in [6.45, 7) is 1.91. The molecular weight excluding hydrogens is 290 g/mol. The number of anilines is 1. The summed E-state index contributed by atoms with van der Waals surface area (Å²) in [7, 11) is -3.59. The fourth-order valence-corrected chi connectivity index (χ4v) is 3.04. The van der Waals surface area contributed by atoms with Gasteiger partial charge in [0.25, 0.3) is 0 Å². The summed E-state index contributed by atoms with van der Waals surface area (Å²) < 4.78 is 26.6. The van der Waals surface area contributed by atoms with Crippen LogP contribution in [-0.2, 0) is 15.8 Å². The Kier molecular flexibility index (Phi) is 4.28. The fourth-order valence-electron chi connectivity index (χ4n) is 1.85. The molecule has 0 saturated heterocycles. The van der Waals surface area contributed by atoms with Gasteiger partial charge in [0, 0.05) is 5.69 Å². The smallest absolute Gasteiger partial charge is 0.335 e. The highest BCUT2D eigenvalue weighted by atomic mass is 32.2. The van der Waals surface area contributed by atoms with E-state index in [-0.39, 0.29) is 11.3 Å². The normalized spacial score (nSPS) is 11.1. The van der Waals surface area contributed by atoms with E-state index in [0.29, 0.717) is 11.3 Å². The lowest BCUT2D eigenvalue weighted by Gasteiger charge is -2.09. The van der Waals surface area contributed by atoms with Crippen LogP contribution in [0.15, 0.2) is 48.5 Å². The van der Waals surface area contributed by atoms with Crippen molar-refractivity contribution in [1.29, 1.82) is 0 Å². The number of nitrogens with one attached hydrogen (secondary N) is 1. The largest absolute Gasteiger partial charge is 0.478 e. The lowest BCUT2D eigenvalue weighted by Crippen LogP contribution is -2.15. The van der Waals surface area contributed by atoms with Crippen molar-refractivity contribution in [2.24, 2.45) is 0 Å². The Labute approximate surface area is 123 Å². The number of rotatable bonds is 5. The predicted molar refractivity (Wildman–Crippen MR) is 80.8 cm³/mol. The first-order chi connectivity index (χ1) is 9.85. The molecule has 0 aliphatic rings. The van der Waals surface area contributed by atoms with Crippen molar-refractivity contribution in [3.05, 3.63) is 65.2 Å². The van der Waals surface area contributed by atoms with E-state index in [0.717, 1.165) is 5.56 Å². The number of carboxylic acid groups (broad SMARTS) is 1. The van der Waals surface area contributed by atoms with Gasteiger partial charge in [0.15, 0.2) is 0 Å². The Morgan fingerprint density at radius 2 is 1.81 bits per heavy atom. The van der Waals surface area contributed by atoms with Crippen LogP contribution in [0.4, 0.5) is 5.69 Å². The molecule has 2 rings (SSSR count). The molecule has 2 aromatic carbocycles. The van der Waals surface area contributed by atoms with E-state index in [4.69, 9.17) is 5.11 Å². The van der Waals surface area contributed by atoms with Crippen LogP contribution >= 0.6 is 0 Å². The third-order valence-corrected chi connectivity index (χ3v) is 4.12. The monoisotopic (exact) mass is 305 g/mol. The molecular formula is C15H15NO4S. The number of aryl methyl sites for hydroxylation is 1. The zero-order chi connectivity index (χ0) is 15.5. The zero-order valence-corrected chi connectivity index (χ0v) is 12.2. The second kappa shape index (κ2) is 5.97. The molecule has 0 radical (unpaired) electrons. The number of carbonyl (C=O) groups is 1. The van der Waals surface area contributed by atoms with E-state index in [9.17, 15) is 13.2 Å². The minimum Gasteiger partial charge on any atom is -0.478 e. The molecule has 110 valence electrons. The first-order valence-electron chi connectivity index (χ1n) is 6.25. The second-order valence-electron chi connectivity index (χ2n) is 4.73. The zero-order valence-electron chi connectivity index (χ0n) is 11.4. The molecule has 0 fully saturated rings. The van der Waals surface area contributed by atoms with Crippen LogP contribution in [0.5, 0.6) is 0 Å². The van der Waals surface area contributed by atoms with Gasteiger partial charge in [0.05, 0.1) is 11.3 Å². The predicted octanol–water partition coefficient (Wildman–Crippen LogP) is 2.64. The van der Waals surface area contributed by atoms with E-state index in [2.05, 4.69) is 4.72 Å². The van der Waals surface area contributed by atoms with E-state index < -0.39 is 16.0 Å². The lowest BCUT2D eigenvalue weighted by molar-refractivity contribution is 0.0696. The Balaban J connectivity index is 2.15. The molecule has 2 N–H and O–H groups in total. The maximum Gasteiger partial charge on any atom is 0.335 e. The van der Waals surface area contributed by atoms with Crippen LogP contribution in [0, 0.1) is 6.92 Å². The minimum atomic E-state index is -3.59. The minimum absolute atomic E-state index is 0.0676. The van der Waals surface area contributed by atoms with Crippen molar-refractivity contribution < 1.29 is 18.3 Å². The van der Waals surface area contributed by atoms with Crippen LogP contribution in [-0.4, -0.2) is 19.5 Å². The summed E-state index contributed by atoms with van der Waals surface area (Å²) in [6, 6.07) is 12.9. The van der Waals surface area contributed by atoms with Crippen molar-refractivity contribution >= 4 is 21.7 Å². The molecule has 0 aromatic heterocycles. The molecule has 0 spiro atoms. The van der Waals surface area contributed by atoms with Gasteiger partial charge in [-0.25, -0.2) is 13.2 Å². The summed E-state index contributed by atoms with van der Waals surface area (Å²) >= 11 is 0. The number of hydrogen-bond acceptors (Lipinski definition) is 3. The standard InChI is InChI=1S/C15H15NO4S/c1-11-5-7-14(8-6-11)16-21(19,20)10-12-3-2-4-13(9-12)15(17)18/h2-9,16H,10H2,1H3,(H,17,18). The highest BCUT2D eigenvalue weighted by Gasteiger charge is 2.13. The number of aromatic carboxylic acids is 1. The first kappa shape index (κ1) is 15.1. The van der Waals surface area contributed by atoms with Gasteiger partial charge >= 0.3 is 5.97 Å². The van der Waals surface area contributed by atoms with Gasteiger partial charge in [0.2, 0.25) is 10.0 Å². The van der Waals surface area contributed by atoms with Gasteiger partial charge < -0.3 is 5.11 Å². The maximum atomic E-state index is 12.1. The fraction of sp³-hybridized carbons (Fsp3) is 0.133. The number of sulfonamides is 1. The van der Waals surface area contributed by atoms with E-state index >= 15 is 0 Å². The Morgan fingerprint density at radius 1 is 1.14 bits per heavy atom. The average Bonchev–Trinajstić information content (AvgIpc) is 2.41. The molecule has 0 saturated carbocycles. The molecule has 6 heteroatoms. The van der Waals surface area contributed by atoms with Gasteiger partial charge in [-0.15, -0.1) is 0 Å². The van der Waals surface area contributed by atoms with Gasteiger partial charge in [-0.3, -0.25) is 4.72 Å². The van der Waals surface area contributed by atoms with E-state index in [1.165, 1.54) is 18.2 Å². The molecule has 0 unspecified atom stereocenters. The summed E-state index contributed by atoms with van der Waals surface area (Å²) in [5, 5.41) is 8.90. The summed E-state index contributed by atoms with van der Waals surface area (Å²) in [4.78, 5) is 10.9. The van der Waals surface area contributed by atoms with Gasteiger partial charge in [0.1, 0.15) is 0 Å². The van der Waals surface area contributed by atoms with Crippen LogP contribution < -0.4 is 4.72 Å². The molecule has 0 amide bonds. The van der Waals surface area contributed by atoms with Gasteiger partial charge in [-0.2, -0.15) is 0 Å². The third-order valence-electron chi connectivity index (χ3n) is 2.86. The maximum absolute atomic E-state index is 12.1. The first-order valence-corrected chi connectivity index (χ1v) is 7.90. The molecule has 0 bridgehead atoms. The number of benzene rings is 2. The van der Waals surface area contributed by atoms with Crippen LogP contribution in [0.25, 0.3) is 0 Å². The Bertz CT molecular complexity index is 751. The highest BCUT2D eigenvalue weighted by Crippen LogP contribution is 2.14. The number of hydrogen-bond donors (Lipinski definition) is 2. The van der Waals surface area contributed by atoms with Crippen LogP contribution in [0.2, 0.25) is 0 Å². The average molecular weight is 305 g/mol. The molecule has 0 heterocycles. The Hall–Kier alpha value is -2.34. The molecule has 2 aromatic rings. The van der Waals surface area contributed by atoms with E-state index in [1.807, 2.05) is 19.1 Å². The summed E-state index contributed by atoms with van der Waals surface area (Å²) in [6.07, 6.45) is 0. The van der Waals surface area contributed by atoms with Crippen molar-refractivity contribution in [1.82, 2.24) is 0 Å². The summed E-state index contributed by atoms with van der Waals surface area (Å²) in [5.41, 5.74) is 2.01. The number of carboxylic acids is 1. The SMILES string of the molecule is Cc1ccc(NS(=O)(=O)Cc2cccc(C(=O)O)c2)cc1. The lowest BCUT2D eigenvalue weighted by atomic mass is 10.1. The highest BCUT2D eigenvalue weighted by molar-refractivity contribution is 7.91. The van der Waals surface area contributed by atoms with Gasteiger partial charge in [-0.1, -0.05) is 29.8 Å². The van der Waals surface area contributed by atoms with Crippen LogP contribution in [0.3, 0.4) is 0 Å². The quantitative estimate of drug-likeness (QED) is 0.889. The second-order valence-corrected chi connectivity index (χ2v) is 6.45. The Morgan fingerprint density at radius 3 is 2.43 bits per heavy atom. The van der Waals surface area contributed by atoms with Crippen molar-refractivity contribution in [3.8, 4) is 0 Å². The summed E-state index contributed by atoms with van der Waals surface area (Å²) in [5.74, 6) is -1.36. The molecule has 21 heavy (non-hydrogen) atoms. The van der Waals surface area contributed by atoms with Crippen molar-refractivity contribution in [2.75, 3.05) is 4.72 Å². The van der Waals surface area contributed by atoms with Gasteiger partial charge in [-0.05, 0) is 36.8 Å². The molecule has 0 atom stereocenters.